The second kappa shape index (κ2) is 10.2. The zero-order valence-electron chi connectivity index (χ0n) is 21.5. The molecular weight excluding hydrogens is 620 g/mol. The summed E-state index contributed by atoms with van der Waals surface area (Å²) in [4.78, 5) is 56.2. The van der Waals surface area contributed by atoms with Gasteiger partial charge in [0.25, 0.3) is 5.56 Å². The van der Waals surface area contributed by atoms with Crippen molar-refractivity contribution in [1.82, 2.24) is 39.0 Å². The second-order valence-corrected chi connectivity index (χ2v) is 13.3. The first-order valence-electron chi connectivity index (χ1n) is 12.6. The van der Waals surface area contributed by atoms with Gasteiger partial charge in [-0.3, -0.25) is 27.5 Å². The number of aliphatic hydroxyl groups excluding tert-OH is 2. The molecule has 43 heavy (non-hydrogen) atoms. The third-order valence-electron chi connectivity index (χ3n) is 7.41. The average Bonchev–Trinajstić information content (AvgIpc) is 3.71. The molecule has 7 heterocycles. The average molecular weight is 643 g/mol. The molecule has 4 aromatic heterocycles. The van der Waals surface area contributed by atoms with E-state index in [0.717, 1.165) is 19.0 Å². The Morgan fingerprint density at radius 1 is 0.884 bits per heavy atom. The van der Waals surface area contributed by atoms with E-state index in [4.69, 9.17) is 28.8 Å². The highest BCUT2D eigenvalue weighted by Crippen LogP contribution is 2.58. The maximum Gasteiger partial charge on any atom is 0.472 e. The topological polar surface area (TPSA) is 294 Å². The zero-order chi connectivity index (χ0) is 30.3. The van der Waals surface area contributed by atoms with Crippen LogP contribution in [0.1, 0.15) is 12.5 Å². The number of hydrogen-bond donors (Lipinski definition) is 6. The number of ether oxygens (including phenoxy) is 2. The van der Waals surface area contributed by atoms with Crippen molar-refractivity contribution < 1.29 is 52.2 Å². The molecule has 7 N–H and O–H groups in total. The van der Waals surface area contributed by atoms with E-state index < -0.39 is 82.8 Å². The van der Waals surface area contributed by atoms with Crippen LogP contribution in [0.5, 0.6) is 0 Å². The summed E-state index contributed by atoms with van der Waals surface area (Å²) in [5, 5.41) is 22.2. The summed E-state index contributed by atoms with van der Waals surface area (Å²) < 4.78 is 56.6. The van der Waals surface area contributed by atoms with Gasteiger partial charge in [-0.05, 0) is 0 Å². The normalized spacial score (nSPS) is 38.6. The Hall–Kier alpha value is -3.20. The third kappa shape index (κ3) is 4.69. The van der Waals surface area contributed by atoms with Crippen LogP contribution in [0.3, 0.4) is 0 Å². The molecule has 10 atom stereocenters. The van der Waals surface area contributed by atoms with E-state index in [0.29, 0.717) is 0 Å². The number of imidazole rings is 2. The van der Waals surface area contributed by atoms with Crippen LogP contribution in [-0.4, -0.2) is 108 Å². The van der Waals surface area contributed by atoms with Crippen LogP contribution in [0.15, 0.2) is 30.1 Å². The van der Waals surface area contributed by atoms with Crippen molar-refractivity contribution in [1.29, 1.82) is 0 Å². The van der Waals surface area contributed by atoms with Crippen molar-refractivity contribution in [2.75, 3.05) is 18.9 Å². The first kappa shape index (κ1) is 28.6. The maximum atomic E-state index is 13.6. The lowest BCUT2D eigenvalue weighted by atomic mass is 10.1. The molecule has 7 rings (SSSR count). The quantitative estimate of drug-likeness (QED) is 0.131. The number of aliphatic hydroxyl groups is 2. The van der Waals surface area contributed by atoms with Gasteiger partial charge in [0.1, 0.15) is 48.0 Å². The lowest BCUT2D eigenvalue weighted by Gasteiger charge is -2.28. The Labute approximate surface area is 238 Å². The number of H-pyrrole nitrogens is 1. The van der Waals surface area contributed by atoms with E-state index in [-0.39, 0.29) is 28.1 Å². The van der Waals surface area contributed by atoms with Crippen LogP contribution in [0.4, 0.5) is 5.82 Å². The number of rotatable bonds is 2. The first-order valence-corrected chi connectivity index (χ1v) is 15.7. The lowest BCUT2D eigenvalue weighted by molar-refractivity contribution is -0.0573. The van der Waals surface area contributed by atoms with E-state index in [9.17, 15) is 33.9 Å². The molecule has 4 aromatic rings. The molecule has 3 aliphatic rings. The Morgan fingerprint density at radius 2 is 1.56 bits per heavy atom. The molecule has 3 aliphatic heterocycles. The summed E-state index contributed by atoms with van der Waals surface area (Å²) in [6, 6.07) is 0. The van der Waals surface area contributed by atoms with E-state index in [2.05, 4.69) is 29.9 Å². The minimum atomic E-state index is -5.06. The number of nitrogen functional groups attached to an aromatic ring is 1. The molecule has 230 valence electrons. The molecule has 23 heteroatoms. The van der Waals surface area contributed by atoms with Crippen molar-refractivity contribution in [3.05, 3.63) is 35.7 Å². The molecule has 6 unspecified atom stereocenters. The number of anilines is 1. The Morgan fingerprint density at radius 3 is 2.35 bits per heavy atom. The van der Waals surface area contributed by atoms with Crippen LogP contribution < -0.4 is 11.3 Å². The molecule has 0 amide bonds. The van der Waals surface area contributed by atoms with Gasteiger partial charge in [-0.15, -0.1) is 0 Å². The molecule has 0 spiro atoms. The Balaban J connectivity index is 1.22. The number of aromatic nitrogens is 8. The van der Waals surface area contributed by atoms with E-state index in [1.54, 1.807) is 0 Å². The Kier molecular flexibility index (Phi) is 6.76. The Bertz CT molecular complexity index is 1870. The highest BCUT2D eigenvalue weighted by molar-refractivity contribution is 7.53. The number of phosphoric ester groups is 1. The fourth-order valence-electron chi connectivity index (χ4n) is 5.42. The van der Waals surface area contributed by atoms with Gasteiger partial charge in [-0.1, -0.05) is 0 Å². The SMILES string of the molecule is Nc1ncnc2c1ncn2C1OC2COP(=O)(O)O[C@H]3C(n4cnc5c(=O)[nH]cnc54)OC(COP(=O)(O)[C@H]2[C@H]1O)[C@H]3O. The van der Waals surface area contributed by atoms with Gasteiger partial charge < -0.3 is 44.7 Å². The number of nitrogens with zero attached hydrogens (tertiary/aromatic N) is 7. The van der Waals surface area contributed by atoms with Gasteiger partial charge in [0, 0.05) is 0 Å². The van der Waals surface area contributed by atoms with E-state index in [1.807, 2.05) is 0 Å². The first-order chi connectivity index (χ1) is 20.4. The standard InChI is InChI=1S/C20H23N9O12P2/c21-15-9-16(23-3-22-15)28(5-26-9)19-12(31)14-8(40-19)2-38-43(35,36)41-13-11(30)7(1-37-42(14,33)34)39-20(13)29-6-27-10-17(29)24-4-25-18(10)32/h3-8,11-14,19-20,30-31H,1-2H2,(H,33,34)(H,35,36)(H2,21,22,23)(H,24,25,32)/t7?,8?,11-,12-,13-,14-,19?,20?/m1/s1. The predicted molar refractivity (Wildman–Crippen MR) is 138 cm³/mol. The molecule has 21 nitrogen and oxygen atoms in total. The van der Waals surface area contributed by atoms with Crippen molar-refractivity contribution >= 4 is 43.6 Å². The van der Waals surface area contributed by atoms with Gasteiger partial charge in [-0.2, -0.15) is 0 Å². The van der Waals surface area contributed by atoms with Crippen molar-refractivity contribution in [3.63, 3.8) is 0 Å². The highest BCUT2D eigenvalue weighted by atomic mass is 31.2. The van der Waals surface area contributed by atoms with Crippen LogP contribution in [-0.2, 0) is 32.2 Å². The molecule has 3 fully saturated rings. The van der Waals surface area contributed by atoms with Gasteiger partial charge >= 0.3 is 15.4 Å². The number of hydrogen-bond acceptors (Lipinski definition) is 16. The monoisotopic (exact) mass is 643 g/mol. The van der Waals surface area contributed by atoms with Crippen LogP contribution in [0, 0.1) is 0 Å². The van der Waals surface area contributed by atoms with Gasteiger partial charge in [-0.25, -0.2) is 29.5 Å². The van der Waals surface area contributed by atoms with E-state index in [1.165, 1.54) is 15.5 Å². The number of aromatic amines is 1. The minimum Gasteiger partial charge on any atom is -0.387 e. The fourth-order valence-corrected chi connectivity index (χ4v) is 7.99. The van der Waals surface area contributed by atoms with Crippen molar-refractivity contribution in [2.24, 2.45) is 0 Å². The van der Waals surface area contributed by atoms with Crippen molar-refractivity contribution in [3.8, 4) is 0 Å². The largest absolute Gasteiger partial charge is 0.472 e. The summed E-state index contributed by atoms with van der Waals surface area (Å²) in [6.45, 7) is -1.55. The highest BCUT2D eigenvalue weighted by Gasteiger charge is 2.57. The van der Waals surface area contributed by atoms with Crippen LogP contribution in [0.25, 0.3) is 22.3 Å². The molecule has 0 radical (unpaired) electrons. The molecule has 0 aromatic carbocycles. The fraction of sp³-hybridized carbons (Fsp3) is 0.500. The van der Waals surface area contributed by atoms with Crippen LogP contribution in [0.2, 0.25) is 0 Å². The summed E-state index contributed by atoms with van der Waals surface area (Å²) in [7, 11) is -9.92. The molecule has 0 saturated carbocycles. The molecular formula is C20H23N9O12P2. The van der Waals surface area contributed by atoms with Gasteiger partial charge in [0.2, 0.25) is 0 Å². The summed E-state index contributed by atoms with van der Waals surface area (Å²) >= 11 is 0. The van der Waals surface area contributed by atoms with E-state index >= 15 is 0 Å². The summed E-state index contributed by atoms with van der Waals surface area (Å²) in [5.74, 6) is 0.0405. The summed E-state index contributed by atoms with van der Waals surface area (Å²) in [6.07, 6.45) is -6.12. The maximum absolute atomic E-state index is 13.6. The van der Waals surface area contributed by atoms with Gasteiger partial charge in [0.05, 0.1) is 32.2 Å². The minimum absolute atomic E-state index is 0.00176. The molecule has 0 aliphatic carbocycles. The summed E-state index contributed by atoms with van der Waals surface area (Å²) in [5.41, 5.74) is 3.77. The molecule has 3 saturated heterocycles. The predicted octanol–water partition coefficient (Wildman–Crippen LogP) is -1.86. The lowest BCUT2D eigenvalue weighted by Crippen LogP contribution is -2.39. The van der Waals surface area contributed by atoms with Crippen LogP contribution >= 0.6 is 15.4 Å². The smallest absolute Gasteiger partial charge is 0.387 e. The second-order valence-electron chi connectivity index (χ2n) is 9.93. The number of nitrogens with one attached hydrogen (secondary N) is 1. The van der Waals surface area contributed by atoms with Gasteiger partial charge in [0.15, 0.2) is 35.1 Å². The molecule has 2 bridgehead atoms. The third-order valence-corrected chi connectivity index (χ3v) is 10.3. The van der Waals surface area contributed by atoms with Crippen molar-refractivity contribution in [2.45, 2.75) is 48.6 Å². The zero-order valence-corrected chi connectivity index (χ0v) is 23.3. The number of phosphoric acid groups is 1. The number of nitrogens with two attached hydrogens (primary N) is 1. The number of fused-ring (bicyclic) bond motifs is 5.